The van der Waals surface area contributed by atoms with Crippen molar-refractivity contribution in [1.29, 1.82) is 0 Å². The molecule has 1 saturated heterocycles. The Labute approximate surface area is 122 Å². The highest BCUT2D eigenvalue weighted by molar-refractivity contribution is 5.35. The Bertz CT molecular complexity index is 425. The van der Waals surface area contributed by atoms with Gasteiger partial charge in [0.2, 0.25) is 0 Å². The first-order valence-corrected chi connectivity index (χ1v) is 7.51. The van der Waals surface area contributed by atoms with Crippen molar-refractivity contribution in [2.75, 3.05) is 20.3 Å². The van der Waals surface area contributed by atoms with Crippen LogP contribution in [-0.4, -0.2) is 25.8 Å². The molecule has 1 aromatic carbocycles. The molecule has 0 spiro atoms. The Hall–Kier alpha value is -1.06. The van der Waals surface area contributed by atoms with Crippen molar-refractivity contribution in [3.63, 3.8) is 0 Å². The van der Waals surface area contributed by atoms with Gasteiger partial charge in [-0.25, -0.2) is 0 Å². The second-order valence-corrected chi connectivity index (χ2v) is 6.57. The Kier molecular flexibility index (Phi) is 5.06. The van der Waals surface area contributed by atoms with Gasteiger partial charge in [-0.3, -0.25) is 0 Å². The monoisotopic (exact) mass is 277 g/mol. The zero-order valence-corrected chi connectivity index (χ0v) is 13.1. The fourth-order valence-electron chi connectivity index (χ4n) is 2.73. The van der Waals surface area contributed by atoms with Crippen LogP contribution in [0, 0.1) is 5.92 Å². The third-order valence-electron chi connectivity index (χ3n) is 3.78. The Morgan fingerprint density at radius 2 is 2.05 bits per heavy atom. The SMILES string of the molecule is COc1ccccc1C1OCCCC1CNC(C)(C)C. The molecule has 2 unspecified atom stereocenters. The summed E-state index contributed by atoms with van der Waals surface area (Å²) >= 11 is 0. The van der Waals surface area contributed by atoms with Crippen LogP contribution in [0.1, 0.15) is 45.3 Å². The van der Waals surface area contributed by atoms with Crippen LogP contribution in [0.4, 0.5) is 0 Å². The van der Waals surface area contributed by atoms with Crippen molar-refractivity contribution in [2.24, 2.45) is 5.92 Å². The maximum atomic E-state index is 6.06. The molecular weight excluding hydrogens is 250 g/mol. The van der Waals surface area contributed by atoms with E-state index in [1.54, 1.807) is 7.11 Å². The number of ether oxygens (including phenoxy) is 2. The van der Waals surface area contributed by atoms with Crippen LogP contribution in [0.2, 0.25) is 0 Å². The number of para-hydroxylation sites is 1. The van der Waals surface area contributed by atoms with Crippen LogP contribution in [0.15, 0.2) is 24.3 Å². The molecule has 1 aliphatic rings. The van der Waals surface area contributed by atoms with Crippen LogP contribution >= 0.6 is 0 Å². The van der Waals surface area contributed by atoms with Gasteiger partial charge in [-0.1, -0.05) is 18.2 Å². The minimum absolute atomic E-state index is 0.134. The Morgan fingerprint density at radius 1 is 1.30 bits per heavy atom. The summed E-state index contributed by atoms with van der Waals surface area (Å²) in [6.45, 7) is 8.43. The highest BCUT2D eigenvalue weighted by Crippen LogP contribution is 2.37. The summed E-state index contributed by atoms with van der Waals surface area (Å²) in [6.07, 6.45) is 2.48. The fraction of sp³-hybridized carbons (Fsp3) is 0.647. The van der Waals surface area contributed by atoms with Crippen molar-refractivity contribution in [3.05, 3.63) is 29.8 Å². The molecule has 1 fully saturated rings. The van der Waals surface area contributed by atoms with Crippen molar-refractivity contribution < 1.29 is 9.47 Å². The fourth-order valence-corrected chi connectivity index (χ4v) is 2.73. The van der Waals surface area contributed by atoms with E-state index in [0.29, 0.717) is 5.92 Å². The Morgan fingerprint density at radius 3 is 2.75 bits per heavy atom. The van der Waals surface area contributed by atoms with E-state index in [1.165, 1.54) is 12.0 Å². The second kappa shape index (κ2) is 6.59. The van der Waals surface area contributed by atoms with Gasteiger partial charge in [0, 0.05) is 30.2 Å². The molecule has 0 aromatic heterocycles. The molecule has 3 heteroatoms. The Balaban J connectivity index is 2.14. The van der Waals surface area contributed by atoms with Crippen LogP contribution < -0.4 is 10.1 Å². The molecule has 1 aliphatic heterocycles. The van der Waals surface area contributed by atoms with Gasteiger partial charge in [0.1, 0.15) is 5.75 Å². The average Bonchev–Trinajstić information content (AvgIpc) is 2.44. The van der Waals surface area contributed by atoms with Crippen molar-refractivity contribution in [2.45, 2.75) is 45.3 Å². The quantitative estimate of drug-likeness (QED) is 0.913. The van der Waals surface area contributed by atoms with Crippen LogP contribution in [0.3, 0.4) is 0 Å². The summed E-state index contributed by atoms with van der Waals surface area (Å²) in [5.74, 6) is 1.43. The van der Waals surface area contributed by atoms with E-state index in [0.717, 1.165) is 25.3 Å². The van der Waals surface area contributed by atoms with Crippen LogP contribution in [-0.2, 0) is 4.74 Å². The number of nitrogens with one attached hydrogen (secondary N) is 1. The van der Waals surface area contributed by atoms with Gasteiger partial charge in [-0.2, -0.15) is 0 Å². The number of rotatable bonds is 4. The molecular formula is C17H27NO2. The summed E-state index contributed by atoms with van der Waals surface area (Å²) < 4.78 is 11.6. The number of methoxy groups -OCH3 is 1. The molecule has 0 bridgehead atoms. The third kappa shape index (κ3) is 3.97. The zero-order chi connectivity index (χ0) is 14.6. The van der Waals surface area contributed by atoms with Gasteiger partial charge in [0.05, 0.1) is 13.2 Å². The third-order valence-corrected chi connectivity index (χ3v) is 3.78. The van der Waals surface area contributed by atoms with Gasteiger partial charge < -0.3 is 14.8 Å². The first kappa shape index (κ1) is 15.3. The standard InChI is InChI=1S/C17H27NO2/c1-17(2,3)18-12-13-8-7-11-20-16(13)14-9-5-6-10-15(14)19-4/h5-6,9-10,13,16,18H,7-8,11-12H2,1-4H3. The minimum atomic E-state index is 0.134. The molecule has 2 atom stereocenters. The van der Waals surface area contributed by atoms with Crippen molar-refractivity contribution in [1.82, 2.24) is 5.32 Å². The molecule has 0 aliphatic carbocycles. The molecule has 1 aromatic rings. The predicted octanol–water partition coefficient (Wildman–Crippen LogP) is 3.55. The van der Waals surface area contributed by atoms with Crippen LogP contribution in [0.25, 0.3) is 0 Å². The zero-order valence-electron chi connectivity index (χ0n) is 13.1. The summed E-state index contributed by atoms with van der Waals surface area (Å²) in [5.41, 5.74) is 1.32. The maximum absolute atomic E-state index is 6.06. The molecule has 2 rings (SSSR count). The van der Waals surface area contributed by atoms with E-state index in [4.69, 9.17) is 9.47 Å². The van der Waals surface area contributed by atoms with Crippen molar-refractivity contribution >= 4 is 0 Å². The lowest BCUT2D eigenvalue weighted by Gasteiger charge is -2.35. The molecule has 1 heterocycles. The lowest BCUT2D eigenvalue weighted by Crippen LogP contribution is -2.41. The normalized spacial score (nSPS) is 23.6. The van der Waals surface area contributed by atoms with E-state index < -0.39 is 0 Å². The highest BCUT2D eigenvalue weighted by Gasteiger charge is 2.30. The largest absolute Gasteiger partial charge is 0.496 e. The summed E-state index contributed by atoms with van der Waals surface area (Å²) in [7, 11) is 1.73. The smallest absolute Gasteiger partial charge is 0.124 e. The molecule has 112 valence electrons. The van der Waals surface area contributed by atoms with Gasteiger partial charge in [0.15, 0.2) is 0 Å². The highest BCUT2D eigenvalue weighted by atomic mass is 16.5. The molecule has 1 N–H and O–H groups in total. The van der Waals surface area contributed by atoms with Crippen molar-refractivity contribution in [3.8, 4) is 5.75 Å². The van der Waals surface area contributed by atoms with E-state index in [1.807, 2.05) is 12.1 Å². The minimum Gasteiger partial charge on any atom is -0.496 e. The molecule has 0 radical (unpaired) electrons. The van der Waals surface area contributed by atoms with E-state index in [-0.39, 0.29) is 11.6 Å². The van der Waals surface area contributed by atoms with E-state index in [9.17, 15) is 0 Å². The number of hydrogen-bond donors (Lipinski definition) is 1. The molecule has 0 saturated carbocycles. The number of hydrogen-bond acceptors (Lipinski definition) is 3. The van der Waals surface area contributed by atoms with E-state index in [2.05, 4.69) is 38.2 Å². The van der Waals surface area contributed by atoms with Gasteiger partial charge in [0.25, 0.3) is 0 Å². The lowest BCUT2D eigenvalue weighted by atomic mass is 9.88. The maximum Gasteiger partial charge on any atom is 0.124 e. The summed E-state index contributed by atoms with van der Waals surface area (Å²) in [6, 6.07) is 8.21. The van der Waals surface area contributed by atoms with Gasteiger partial charge in [-0.15, -0.1) is 0 Å². The topological polar surface area (TPSA) is 30.5 Å². The average molecular weight is 277 g/mol. The van der Waals surface area contributed by atoms with Crippen LogP contribution in [0.5, 0.6) is 5.75 Å². The molecule has 0 amide bonds. The predicted molar refractivity (Wildman–Crippen MR) is 82.2 cm³/mol. The summed E-state index contributed by atoms with van der Waals surface area (Å²) in [4.78, 5) is 0. The number of benzene rings is 1. The molecule has 3 nitrogen and oxygen atoms in total. The lowest BCUT2D eigenvalue weighted by molar-refractivity contribution is -0.0303. The molecule has 20 heavy (non-hydrogen) atoms. The first-order valence-electron chi connectivity index (χ1n) is 7.51. The van der Waals surface area contributed by atoms with E-state index >= 15 is 0 Å². The first-order chi connectivity index (χ1) is 9.51. The second-order valence-electron chi connectivity index (χ2n) is 6.57. The van der Waals surface area contributed by atoms with Gasteiger partial charge in [-0.05, 0) is 39.7 Å². The van der Waals surface area contributed by atoms with Gasteiger partial charge >= 0.3 is 0 Å². The summed E-state index contributed by atoms with van der Waals surface area (Å²) in [5, 5.41) is 3.61.